The molecule has 3 aliphatic rings. The zero-order valence-electron chi connectivity index (χ0n) is 14.1. The molecule has 25 heavy (non-hydrogen) atoms. The van der Waals surface area contributed by atoms with Gasteiger partial charge in [0.2, 0.25) is 12.7 Å². The maximum absolute atomic E-state index is 12.9. The average Bonchev–Trinajstić information content (AvgIpc) is 3.30. The number of ether oxygens (including phenoxy) is 2. The summed E-state index contributed by atoms with van der Waals surface area (Å²) in [4.78, 5) is 27.2. The van der Waals surface area contributed by atoms with Crippen LogP contribution in [-0.4, -0.2) is 55.2 Å². The molecule has 0 bridgehead atoms. The van der Waals surface area contributed by atoms with Crippen LogP contribution in [0.15, 0.2) is 18.2 Å². The monoisotopic (exact) mass is 345 g/mol. The second-order valence-electron chi connectivity index (χ2n) is 6.78. The van der Waals surface area contributed by atoms with Crippen molar-refractivity contribution in [3.8, 4) is 11.5 Å². The maximum Gasteiger partial charge on any atom is 0.254 e. The van der Waals surface area contributed by atoms with Crippen LogP contribution in [0.5, 0.6) is 11.5 Å². The van der Waals surface area contributed by atoms with Crippen molar-refractivity contribution >= 4 is 11.8 Å². The Hall–Kier alpha value is -2.28. The van der Waals surface area contributed by atoms with Crippen LogP contribution in [0.2, 0.25) is 0 Å². The first-order chi connectivity index (χ1) is 12.2. The number of nitrogens with zero attached hydrogens (tertiary/aromatic N) is 1. The fourth-order valence-electron chi connectivity index (χ4n) is 3.75. The van der Waals surface area contributed by atoms with Gasteiger partial charge in [-0.25, -0.2) is 0 Å². The lowest BCUT2D eigenvalue weighted by molar-refractivity contribution is -0.125. The summed E-state index contributed by atoms with van der Waals surface area (Å²) in [5, 5.41) is 6.39. The predicted octanol–water partition coefficient (Wildman–Crippen LogP) is 0.888. The van der Waals surface area contributed by atoms with Gasteiger partial charge in [0.05, 0.1) is 0 Å². The van der Waals surface area contributed by atoms with Crippen molar-refractivity contribution in [2.45, 2.75) is 37.8 Å². The first kappa shape index (κ1) is 16.2. The van der Waals surface area contributed by atoms with Crippen LogP contribution < -0.4 is 20.1 Å². The van der Waals surface area contributed by atoms with E-state index in [4.69, 9.17) is 9.47 Å². The van der Waals surface area contributed by atoms with E-state index in [0.29, 0.717) is 30.0 Å². The number of nitrogens with one attached hydrogen (secondary N) is 2. The summed E-state index contributed by atoms with van der Waals surface area (Å²) in [7, 11) is 0. The first-order valence-electron chi connectivity index (χ1n) is 8.94. The summed E-state index contributed by atoms with van der Waals surface area (Å²) in [6.45, 7) is 2.59. The Labute approximate surface area is 146 Å². The molecule has 0 aliphatic carbocycles. The van der Waals surface area contributed by atoms with Gasteiger partial charge in [0.1, 0.15) is 6.04 Å². The zero-order valence-corrected chi connectivity index (χ0v) is 14.1. The third-order valence-electron chi connectivity index (χ3n) is 5.08. The quantitative estimate of drug-likeness (QED) is 0.850. The van der Waals surface area contributed by atoms with Crippen LogP contribution in [0.25, 0.3) is 0 Å². The summed E-state index contributed by atoms with van der Waals surface area (Å²) in [6, 6.07) is 4.94. The van der Waals surface area contributed by atoms with Crippen molar-refractivity contribution in [1.82, 2.24) is 15.5 Å². The van der Waals surface area contributed by atoms with Gasteiger partial charge < -0.3 is 25.0 Å². The van der Waals surface area contributed by atoms with Crippen LogP contribution in [0.1, 0.15) is 36.0 Å². The third-order valence-corrected chi connectivity index (χ3v) is 5.08. The number of carbonyl (C=O) groups is 2. The van der Waals surface area contributed by atoms with E-state index in [-0.39, 0.29) is 30.7 Å². The molecule has 2 amide bonds. The molecule has 0 radical (unpaired) electrons. The van der Waals surface area contributed by atoms with Gasteiger partial charge in [0.25, 0.3) is 5.91 Å². The highest BCUT2D eigenvalue weighted by molar-refractivity contribution is 5.98. The molecular formula is C18H23N3O4. The van der Waals surface area contributed by atoms with Crippen molar-refractivity contribution in [2.24, 2.45) is 0 Å². The molecule has 1 aromatic rings. The third kappa shape index (κ3) is 3.28. The van der Waals surface area contributed by atoms with Crippen LogP contribution in [0.3, 0.4) is 0 Å². The van der Waals surface area contributed by atoms with Gasteiger partial charge >= 0.3 is 0 Å². The van der Waals surface area contributed by atoms with Crippen molar-refractivity contribution < 1.29 is 19.1 Å². The van der Waals surface area contributed by atoms with E-state index in [1.165, 1.54) is 0 Å². The Morgan fingerprint density at radius 3 is 2.88 bits per heavy atom. The predicted molar refractivity (Wildman–Crippen MR) is 90.7 cm³/mol. The molecule has 2 N–H and O–H groups in total. The Morgan fingerprint density at radius 2 is 2.04 bits per heavy atom. The summed E-state index contributed by atoms with van der Waals surface area (Å²) >= 11 is 0. The van der Waals surface area contributed by atoms with Crippen molar-refractivity contribution in [2.75, 3.05) is 26.4 Å². The number of likely N-dealkylation sites (tertiary alicyclic amines) is 1. The largest absolute Gasteiger partial charge is 0.454 e. The molecule has 0 spiro atoms. The van der Waals surface area contributed by atoms with Gasteiger partial charge in [-0.2, -0.15) is 0 Å². The molecule has 7 heteroatoms. The van der Waals surface area contributed by atoms with E-state index in [9.17, 15) is 9.59 Å². The van der Waals surface area contributed by atoms with Crippen LogP contribution in [0.4, 0.5) is 0 Å². The number of carbonyl (C=O) groups excluding carboxylic acids is 2. The first-order valence-corrected chi connectivity index (χ1v) is 8.94. The lowest BCUT2D eigenvalue weighted by Gasteiger charge is -2.28. The molecule has 1 aromatic carbocycles. The summed E-state index contributed by atoms with van der Waals surface area (Å²) in [6.07, 6.45) is 3.61. The van der Waals surface area contributed by atoms with Gasteiger partial charge in [-0.15, -0.1) is 0 Å². The molecule has 2 fully saturated rings. The minimum atomic E-state index is -0.389. The fraction of sp³-hybridized carbons (Fsp3) is 0.556. The van der Waals surface area contributed by atoms with Crippen molar-refractivity contribution in [1.29, 1.82) is 0 Å². The highest BCUT2D eigenvalue weighted by Gasteiger charge is 2.35. The van der Waals surface area contributed by atoms with Gasteiger partial charge in [-0.3, -0.25) is 9.59 Å². The molecular weight excluding hydrogens is 322 g/mol. The summed E-state index contributed by atoms with van der Waals surface area (Å²) in [5.74, 6) is 1.06. The lowest BCUT2D eigenvalue weighted by atomic mass is 10.1. The van der Waals surface area contributed by atoms with Crippen molar-refractivity contribution in [3.63, 3.8) is 0 Å². The molecule has 2 saturated heterocycles. The Bertz CT molecular complexity index is 672. The number of hydrogen-bond donors (Lipinski definition) is 2. The number of piperidine rings is 1. The van der Waals surface area contributed by atoms with Gasteiger partial charge in [-0.1, -0.05) is 0 Å². The lowest BCUT2D eigenvalue weighted by Crippen LogP contribution is -2.52. The Kier molecular flexibility index (Phi) is 4.48. The number of amides is 2. The zero-order chi connectivity index (χ0) is 17.2. The molecule has 0 aromatic heterocycles. The second kappa shape index (κ2) is 6.92. The topological polar surface area (TPSA) is 79.9 Å². The van der Waals surface area contributed by atoms with E-state index in [0.717, 1.165) is 32.4 Å². The molecule has 0 saturated carbocycles. The van der Waals surface area contributed by atoms with Crippen molar-refractivity contribution in [3.05, 3.63) is 23.8 Å². The maximum atomic E-state index is 12.9. The van der Waals surface area contributed by atoms with E-state index >= 15 is 0 Å². The van der Waals surface area contributed by atoms with Crippen LogP contribution >= 0.6 is 0 Å². The van der Waals surface area contributed by atoms with Gasteiger partial charge in [-0.05, 0) is 50.4 Å². The standard InChI is InChI=1S/C18H23N3O4/c22-17(20-13-3-1-7-19-10-13)14-4-2-8-21(14)18(23)12-5-6-15-16(9-12)25-11-24-15/h5-6,9,13-14,19H,1-4,7-8,10-11H2,(H,20,22)/t13-,14?/m0/s1. The summed E-state index contributed by atoms with van der Waals surface area (Å²) < 4.78 is 10.6. The Morgan fingerprint density at radius 1 is 1.16 bits per heavy atom. The number of rotatable bonds is 3. The van der Waals surface area contributed by atoms with Crippen LogP contribution in [0, 0.1) is 0 Å². The minimum Gasteiger partial charge on any atom is -0.454 e. The van der Waals surface area contributed by atoms with E-state index in [2.05, 4.69) is 10.6 Å². The molecule has 3 aliphatic heterocycles. The van der Waals surface area contributed by atoms with Gasteiger partial charge in [0.15, 0.2) is 11.5 Å². The molecule has 3 heterocycles. The highest BCUT2D eigenvalue weighted by atomic mass is 16.7. The smallest absolute Gasteiger partial charge is 0.254 e. The number of benzene rings is 1. The SMILES string of the molecule is O=C(N[C@H]1CCCNC1)C1CCCN1C(=O)c1ccc2c(c1)OCO2. The van der Waals surface area contributed by atoms with E-state index in [1.54, 1.807) is 23.1 Å². The minimum absolute atomic E-state index is 0.0414. The second-order valence-corrected chi connectivity index (χ2v) is 6.78. The number of fused-ring (bicyclic) bond motifs is 1. The molecule has 2 atom stereocenters. The Balaban J connectivity index is 1.45. The fourth-order valence-corrected chi connectivity index (χ4v) is 3.75. The van der Waals surface area contributed by atoms with E-state index < -0.39 is 0 Å². The van der Waals surface area contributed by atoms with E-state index in [1.807, 2.05) is 0 Å². The molecule has 4 rings (SSSR count). The molecule has 7 nitrogen and oxygen atoms in total. The van der Waals surface area contributed by atoms with Gasteiger partial charge in [0, 0.05) is 24.7 Å². The number of hydrogen-bond acceptors (Lipinski definition) is 5. The average molecular weight is 345 g/mol. The highest BCUT2D eigenvalue weighted by Crippen LogP contribution is 2.33. The molecule has 134 valence electrons. The molecule has 1 unspecified atom stereocenters. The van der Waals surface area contributed by atoms with Crippen LogP contribution in [-0.2, 0) is 4.79 Å². The summed E-state index contributed by atoms with van der Waals surface area (Å²) in [5.41, 5.74) is 0.531. The normalized spacial score (nSPS) is 25.0.